The molecule has 1 fully saturated rings. The van der Waals surface area contributed by atoms with Crippen molar-refractivity contribution in [1.29, 1.82) is 0 Å². The van der Waals surface area contributed by atoms with Crippen LogP contribution in [0.25, 0.3) is 0 Å². The average molecular weight is 323 g/mol. The highest BCUT2D eigenvalue weighted by Crippen LogP contribution is 2.21. The number of carbonyl (C=O) groups is 2. The number of benzene rings is 1. The Kier molecular flexibility index (Phi) is 4.89. The molecule has 2 amide bonds. The van der Waals surface area contributed by atoms with Gasteiger partial charge < -0.3 is 10.2 Å². The topological polar surface area (TPSA) is 62.3 Å². The molecule has 0 radical (unpaired) electrons. The SMILES string of the molecule is Cc1ccc(NC(=O)[C@H]2CCCCN2C(=O)c2ccccc2)nc1. The molecule has 24 heavy (non-hydrogen) atoms. The summed E-state index contributed by atoms with van der Waals surface area (Å²) in [6, 6.07) is 12.3. The van der Waals surface area contributed by atoms with Crippen molar-refractivity contribution in [3.8, 4) is 0 Å². The number of hydrogen-bond donors (Lipinski definition) is 1. The van der Waals surface area contributed by atoms with E-state index in [4.69, 9.17) is 0 Å². The zero-order valence-electron chi connectivity index (χ0n) is 13.7. The summed E-state index contributed by atoms with van der Waals surface area (Å²) in [5.41, 5.74) is 1.65. The first kappa shape index (κ1) is 16.2. The van der Waals surface area contributed by atoms with Gasteiger partial charge in [0.25, 0.3) is 5.91 Å². The summed E-state index contributed by atoms with van der Waals surface area (Å²) in [6.45, 7) is 2.55. The molecule has 0 aliphatic carbocycles. The fraction of sp³-hybridized carbons (Fsp3) is 0.316. The molecule has 0 saturated carbocycles. The zero-order valence-corrected chi connectivity index (χ0v) is 13.7. The number of nitrogens with one attached hydrogen (secondary N) is 1. The highest BCUT2D eigenvalue weighted by Gasteiger charge is 2.32. The number of piperidine rings is 1. The fourth-order valence-electron chi connectivity index (χ4n) is 2.95. The molecule has 3 rings (SSSR count). The maximum absolute atomic E-state index is 12.7. The summed E-state index contributed by atoms with van der Waals surface area (Å²) in [4.78, 5) is 31.3. The van der Waals surface area contributed by atoms with Crippen molar-refractivity contribution in [2.75, 3.05) is 11.9 Å². The van der Waals surface area contributed by atoms with Crippen LogP contribution in [0.15, 0.2) is 48.7 Å². The van der Waals surface area contributed by atoms with Gasteiger partial charge in [-0.25, -0.2) is 4.98 Å². The van der Waals surface area contributed by atoms with E-state index in [0.717, 1.165) is 18.4 Å². The Bertz CT molecular complexity index is 713. The summed E-state index contributed by atoms with van der Waals surface area (Å²) in [5.74, 6) is 0.255. The Morgan fingerprint density at radius 2 is 1.92 bits per heavy atom. The molecule has 1 saturated heterocycles. The van der Waals surface area contributed by atoms with Gasteiger partial charge in [-0.1, -0.05) is 24.3 Å². The number of nitrogens with zero attached hydrogens (tertiary/aromatic N) is 2. The van der Waals surface area contributed by atoms with Crippen molar-refractivity contribution in [2.45, 2.75) is 32.2 Å². The minimum absolute atomic E-state index is 0.0904. The van der Waals surface area contributed by atoms with E-state index in [2.05, 4.69) is 10.3 Å². The quantitative estimate of drug-likeness (QED) is 0.944. The largest absolute Gasteiger partial charge is 0.327 e. The molecular weight excluding hydrogens is 302 g/mol. The number of rotatable bonds is 3. The van der Waals surface area contributed by atoms with Gasteiger partial charge in [-0.05, 0) is 49.9 Å². The van der Waals surface area contributed by atoms with Crippen LogP contribution in [-0.2, 0) is 4.79 Å². The fourth-order valence-corrected chi connectivity index (χ4v) is 2.95. The molecule has 124 valence electrons. The molecule has 1 aromatic heterocycles. The van der Waals surface area contributed by atoms with Gasteiger partial charge in [-0.3, -0.25) is 9.59 Å². The summed E-state index contributed by atoms with van der Waals surface area (Å²) in [5, 5.41) is 2.83. The maximum Gasteiger partial charge on any atom is 0.254 e. The van der Waals surface area contributed by atoms with Crippen LogP contribution in [0.1, 0.15) is 35.2 Å². The lowest BCUT2D eigenvalue weighted by atomic mass is 10.00. The van der Waals surface area contributed by atoms with Gasteiger partial charge in [0.05, 0.1) is 0 Å². The van der Waals surface area contributed by atoms with Crippen LogP contribution in [0.4, 0.5) is 5.82 Å². The Hall–Kier alpha value is -2.69. The van der Waals surface area contributed by atoms with Crippen LogP contribution in [0.3, 0.4) is 0 Å². The molecular formula is C19H21N3O2. The van der Waals surface area contributed by atoms with E-state index in [0.29, 0.717) is 24.3 Å². The summed E-state index contributed by atoms with van der Waals surface area (Å²) in [6.07, 6.45) is 4.25. The molecule has 0 bridgehead atoms. The predicted molar refractivity (Wildman–Crippen MR) is 92.7 cm³/mol. The van der Waals surface area contributed by atoms with Crippen LogP contribution in [0.5, 0.6) is 0 Å². The molecule has 5 heteroatoms. The van der Waals surface area contributed by atoms with Gasteiger partial charge in [-0.15, -0.1) is 0 Å². The van der Waals surface area contributed by atoms with Crippen LogP contribution in [0, 0.1) is 6.92 Å². The van der Waals surface area contributed by atoms with E-state index in [1.807, 2.05) is 31.2 Å². The van der Waals surface area contributed by atoms with E-state index < -0.39 is 6.04 Å². The molecule has 0 spiro atoms. The number of likely N-dealkylation sites (tertiary alicyclic amines) is 1. The second-order valence-corrected chi connectivity index (χ2v) is 6.09. The number of anilines is 1. The molecule has 2 aromatic rings. The van der Waals surface area contributed by atoms with Crippen LogP contribution < -0.4 is 5.32 Å². The minimum Gasteiger partial charge on any atom is -0.327 e. The number of carbonyl (C=O) groups excluding carboxylic acids is 2. The summed E-state index contributed by atoms with van der Waals surface area (Å²) >= 11 is 0. The molecule has 5 nitrogen and oxygen atoms in total. The van der Waals surface area contributed by atoms with Crippen molar-refractivity contribution in [3.63, 3.8) is 0 Å². The third kappa shape index (κ3) is 3.62. The van der Waals surface area contributed by atoms with E-state index in [-0.39, 0.29) is 11.8 Å². The number of hydrogen-bond acceptors (Lipinski definition) is 3. The molecule has 1 aromatic carbocycles. The van der Waals surface area contributed by atoms with Crippen LogP contribution in [-0.4, -0.2) is 34.3 Å². The van der Waals surface area contributed by atoms with Crippen molar-refractivity contribution >= 4 is 17.6 Å². The number of pyridine rings is 1. The third-order valence-corrected chi connectivity index (χ3v) is 4.25. The maximum atomic E-state index is 12.7. The van der Waals surface area contributed by atoms with E-state index >= 15 is 0 Å². The molecule has 1 N–H and O–H groups in total. The molecule has 1 atom stereocenters. The van der Waals surface area contributed by atoms with Gasteiger partial charge in [-0.2, -0.15) is 0 Å². The summed E-state index contributed by atoms with van der Waals surface area (Å²) in [7, 11) is 0. The minimum atomic E-state index is -0.449. The van der Waals surface area contributed by atoms with Gasteiger partial charge in [0.2, 0.25) is 5.91 Å². The van der Waals surface area contributed by atoms with E-state index in [1.165, 1.54) is 0 Å². The average Bonchev–Trinajstić information content (AvgIpc) is 2.63. The lowest BCUT2D eigenvalue weighted by Crippen LogP contribution is -2.50. The number of amides is 2. The van der Waals surface area contributed by atoms with Crippen molar-refractivity contribution in [3.05, 3.63) is 59.8 Å². The highest BCUT2D eigenvalue weighted by atomic mass is 16.2. The van der Waals surface area contributed by atoms with Gasteiger partial charge in [0.15, 0.2) is 0 Å². The standard InChI is InChI=1S/C19H21N3O2/c1-14-10-11-17(20-13-14)21-18(23)16-9-5-6-12-22(16)19(24)15-7-3-2-4-8-15/h2-4,7-8,10-11,13,16H,5-6,9,12H2,1H3,(H,20,21,23)/t16-/m1/s1. The third-order valence-electron chi connectivity index (χ3n) is 4.25. The first-order valence-corrected chi connectivity index (χ1v) is 8.25. The van der Waals surface area contributed by atoms with Crippen LogP contribution in [0.2, 0.25) is 0 Å². The van der Waals surface area contributed by atoms with Crippen molar-refractivity contribution < 1.29 is 9.59 Å². The normalized spacial score (nSPS) is 17.4. The Morgan fingerprint density at radius 3 is 2.62 bits per heavy atom. The number of aryl methyl sites for hydroxylation is 1. The molecule has 2 heterocycles. The smallest absolute Gasteiger partial charge is 0.254 e. The first-order chi connectivity index (χ1) is 11.6. The Morgan fingerprint density at radius 1 is 1.12 bits per heavy atom. The zero-order chi connectivity index (χ0) is 16.9. The lowest BCUT2D eigenvalue weighted by molar-refractivity contribution is -0.121. The van der Waals surface area contributed by atoms with Gasteiger partial charge in [0, 0.05) is 18.3 Å². The van der Waals surface area contributed by atoms with Gasteiger partial charge in [0.1, 0.15) is 11.9 Å². The van der Waals surface area contributed by atoms with E-state index in [1.54, 1.807) is 29.3 Å². The lowest BCUT2D eigenvalue weighted by Gasteiger charge is -2.34. The molecule has 1 aliphatic rings. The van der Waals surface area contributed by atoms with Crippen molar-refractivity contribution in [1.82, 2.24) is 9.88 Å². The monoisotopic (exact) mass is 323 g/mol. The van der Waals surface area contributed by atoms with Gasteiger partial charge >= 0.3 is 0 Å². The first-order valence-electron chi connectivity index (χ1n) is 8.25. The highest BCUT2D eigenvalue weighted by molar-refractivity contribution is 6.01. The molecule has 0 unspecified atom stereocenters. The Labute approximate surface area is 141 Å². The Balaban J connectivity index is 1.75. The predicted octanol–water partition coefficient (Wildman–Crippen LogP) is 3.02. The second kappa shape index (κ2) is 7.25. The summed E-state index contributed by atoms with van der Waals surface area (Å²) < 4.78 is 0. The number of aromatic nitrogens is 1. The van der Waals surface area contributed by atoms with Crippen molar-refractivity contribution in [2.24, 2.45) is 0 Å². The van der Waals surface area contributed by atoms with E-state index in [9.17, 15) is 9.59 Å². The molecule has 1 aliphatic heterocycles. The van der Waals surface area contributed by atoms with Crippen LogP contribution >= 0.6 is 0 Å². The second-order valence-electron chi connectivity index (χ2n) is 6.09.